The number of hydrogen-bond acceptors (Lipinski definition) is 3. The first kappa shape index (κ1) is 13.2. The second-order valence-electron chi connectivity index (χ2n) is 4.80. The van der Waals surface area contributed by atoms with E-state index in [9.17, 15) is 5.11 Å². The van der Waals surface area contributed by atoms with Gasteiger partial charge in [0.15, 0.2) is 0 Å². The minimum atomic E-state index is 0.149. The first-order valence-corrected chi connectivity index (χ1v) is 5.91. The highest BCUT2D eigenvalue weighted by Crippen LogP contribution is 2.09. The van der Waals surface area contributed by atoms with Crippen LogP contribution in [-0.2, 0) is 6.54 Å². The van der Waals surface area contributed by atoms with Crippen LogP contribution in [0.5, 0.6) is 0 Å². The van der Waals surface area contributed by atoms with Gasteiger partial charge in [-0.25, -0.2) is 4.98 Å². The minimum absolute atomic E-state index is 0.149. The molecular formula is C12H23N3O. The van der Waals surface area contributed by atoms with Crippen LogP contribution in [0.15, 0.2) is 12.5 Å². The van der Waals surface area contributed by atoms with Crippen molar-refractivity contribution >= 4 is 0 Å². The van der Waals surface area contributed by atoms with Gasteiger partial charge in [-0.05, 0) is 19.8 Å². The van der Waals surface area contributed by atoms with E-state index in [1.165, 1.54) is 0 Å². The maximum Gasteiger partial charge on any atom is 0.0951 e. The van der Waals surface area contributed by atoms with Gasteiger partial charge in [0, 0.05) is 24.8 Å². The molecule has 92 valence electrons. The smallest absolute Gasteiger partial charge is 0.0951 e. The molecular weight excluding hydrogens is 202 g/mol. The Labute approximate surface area is 97.7 Å². The summed E-state index contributed by atoms with van der Waals surface area (Å²) >= 11 is 0. The Morgan fingerprint density at radius 1 is 1.38 bits per heavy atom. The second-order valence-corrected chi connectivity index (χ2v) is 4.80. The number of hydrogen-bond donors (Lipinski definition) is 2. The van der Waals surface area contributed by atoms with Crippen LogP contribution >= 0.6 is 0 Å². The highest BCUT2D eigenvalue weighted by atomic mass is 16.3. The fourth-order valence-electron chi connectivity index (χ4n) is 1.68. The average molecular weight is 225 g/mol. The number of nitrogens with one attached hydrogen (secondary N) is 1. The number of nitrogens with zero attached hydrogens (tertiary/aromatic N) is 2. The molecule has 1 atom stereocenters. The molecule has 0 radical (unpaired) electrons. The Kier molecular flexibility index (Phi) is 4.96. The van der Waals surface area contributed by atoms with Crippen molar-refractivity contribution in [3.05, 3.63) is 18.2 Å². The molecule has 1 aromatic heterocycles. The van der Waals surface area contributed by atoms with Gasteiger partial charge in [0.2, 0.25) is 0 Å². The molecule has 0 fully saturated rings. The maximum atomic E-state index is 9.22. The fraction of sp³-hybridized carbons (Fsp3) is 0.750. The van der Waals surface area contributed by atoms with Crippen LogP contribution in [0.1, 0.15) is 39.4 Å². The quantitative estimate of drug-likeness (QED) is 0.772. The molecule has 0 saturated heterocycles. The number of aromatic nitrogens is 2. The standard InChI is InChI=1S/C12H23N3O/c1-9(2)12(7-16)14-6-11-5-13-8-15(11)10(3)4/h5,8-10,12,14,16H,6-7H2,1-4H3. The van der Waals surface area contributed by atoms with Gasteiger partial charge >= 0.3 is 0 Å². The molecule has 0 bridgehead atoms. The number of aliphatic hydroxyl groups is 1. The van der Waals surface area contributed by atoms with Gasteiger partial charge < -0.3 is 15.0 Å². The molecule has 0 aliphatic carbocycles. The molecule has 0 aliphatic heterocycles. The summed E-state index contributed by atoms with van der Waals surface area (Å²) in [7, 11) is 0. The molecule has 0 aromatic carbocycles. The van der Waals surface area contributed by atoms with Crippen molar-refractivity contribution in [2.45, 2.75) is 46.3 Å². The first-order chi connectivity index (χ1) is 7.56. The lowest BCUT2D eigenvalue weighted by Crippen LogP contribution is -2.37. The average Bonchev–Trinajstić information content (AvgIpc) is 2.66. The lowest BCUT2D eigenvalue weighted by atomic mass is 10.1. The molecule has 4 heteroatoms. The van der Waals surface area contributed by atoms with Crippen molar-refractivity contribution in [3.63, 3.8) is 0 Å². The van der Waals surface area contributed by atoms with Crippen LogP contribution in [0.3, 0.4) is 0 Å². The van der Waals surface area contributed by atoms with Crippen molar-refractivity contribution in [1.82, 2.24) is 14.9 Å². The van der Waals surface area contributed by atoms with E-state index in [4.69, 9.17) is 0 Å². The van der Waals surface area contributed by atoms with Crippen molar-refractivity contribution < 1.29 is 5.11 Å². The predicted molar refractivity (Wildman–Crippen MR) is 65.2 cm³/mol. The molecule has 0 aliphatic rings. The van der Waals surface area contributed by atoms with Crippen LogP contribution in [0.25, 0.3) is 0 Å². The van der Waals surface area contributed by atoms with Crippen molar-refractivity contribution in [2.75, 3.05) is 6.61 Å². The molecule has 2 N–H and O–H groups in total. The van der Waals surface area contributed by atoms with Gasteiger partial charge in [-0.3, -0.25) is 0 Å². The molecule has 4 nitrogen and oxygen atoms in total. The van der Waals surface area contributed by atoms with Gasteiger partial charge in [-0.2, -0.15) is 0 Å². The van der Waals surface area contributed by atoms with E-state index >= 15 is 0 Å². The first-order valence-electron chi connectivity index (χ1n) is 5.91. The monoisotopic (exact) mass is 225 g/mol. The van der Waals surface area contributed by atoms with E-state index in [1.54, 1.807) is 0 Å². The number of rotatable bonds is 6. The third-order valence-electron chi connectivity index (χ3n) is 2.85. The Morgan fingerprint density at radius 2 is 2.06 bits per heavy atom. The van der Waals surface area contributed by atoms with E-state index in [1.807, 2.05) is 12.5 Å². The fourth-order valence-corrected chi connectivity index (χ4v) is 1.68. The number of imidazole rings is 1. The lowest BCUT2D eigenvalue weighted by molar-refractivity contribution is 0.209. The van der Waals surface area contributed by atoms with Crippen molar-refractivity contribution in [3.8, 4) is 0 Å². The van der Waals surface area contributed by atoms with Gasteiger partial charge in [0.05, 0.1) is 18.6 Å². The second kappa shape index (κ2) is 6.01. The van der Waals surface area contributed by atoms with E-state index in [2.05, 4.69) is 42.6 Å². The Bertz CT molecular complexity index is 307. The van der Waals surface area contributed by atoms with Crippen molar-refractivity contribution in [1.29, 1.82) is 0 Å². The largest absolute Gasteiger partial charge is 0.395 e. The molecule has 1 heterocycles. The third-order valence-corrected chi connectivity index (χ3v) is 2.85. The normalized spacial score (nSPS) is 13.7. The van der Waals surface area contributed by atoms with Gasteiger partial charge in [0.25, 0.3) is 0 Å². The predicted octanol–water partition coefficient (Wildman–Crippen LogP) is 1.57. The zero-order chi connectivity index (χ0) is 12.1. The lowest BCUT2D eigenvalue weighted by Gasteiger charge is -2.21. The molecule has 1 aromatic rings. The summed E-state index contributed by atoms with van der Waals surface area (Å²) in [5, 5.41) is 12.6. The summed E-state index contributed by atoms with van der Waals surface area (Å²) < 4.78 is 2.14. The Morgan fingerprint density at radius 3 is 2.56 bits per heavy atom. The van der Waals surface area contributed by atoms with Crippen LogP contribution in [0.4, 0.5) is 0 Å². The molecule has 1 rings (SSSR count). The van der Waals surface area contributed by atoms with Gasteiger partial charge in [-0.15, -0.1) is 0 Å². The van der Waals surface area contributed by atoms with Gasteiger partial charge in [0.1, 0.15) is 0 Å². The summed E-state index contributed by atoms with van der Waals surface area (Å²) in [6.07, 6.45) is 3.73. The third kappa shape index (κ3) is 3.32. The maximum absolute atomic E-state index is 9.22. The van der Waals surface area contributed by atoms with Crippen LogP contribution < -0.4 is 5.32 Å². The molecule has 16 heavy (non-hydrogen) atoms. The summed E-state index contributed by atoms with van der Waals surface area (Å²) in [5.41, 5.74) is 1.16. The Hall–Kier alpha value is -0.870. The highest BCUT2D eigenvalue weighted by molar-refractivity contribution is 4.99. The summed E-state index contributed by atoms with van der Waals surface area (Å²) in [6.45, 7) is 9.41. The van der Waals surface area contributed by atoms with Crippen LogP contribution in [0, 0.1) is 5.92 Å². The van der Waals surface area contributed by atoms with E-state index < -0.39 is 0 Å². The zero-order valence-electron chi connectivity index (χ0n) is 10.6. The highest BCUT2D eigenvalue weighted by Gasteiger charge is 2.12. The topological polar surface area (TPSA) is 50.1 Å². The van der Waals surface area contributed by atoms with Crippen LogP contribution in [-0.4, -0.2) is 27.3 Å². The Balaban J connectivity index is 2.56. The van der Waals surface area contributed by atoms with Gasteiger partial charge in [-0.1, -0.05) is 13.8 Å². The minimum Gasteiger partial charge on any atom is -0.395 e. The molecule has 0 amide bonds. The summed E-state index contributed by atoms with van der Waals surface area (Å²) in [6, 6.07) is 0.571. The SMILES string of the molecule is CC(C)C(CO)NCc1cncn1C(C)C. The van der Waals surface area contributed by atoms with E-state index in [0.29, 0.717) is 12.0 Å². The molecule has 0 spiro atoms. The summed E-state index contributed by atoms with van der Waals surface area (Å²) in [5.74, 6) is 0.431. The summed E-state index contributed by atoms with van der Waals surface area (Å²) in [4.78, 5) is 4.15. The molecule has 0 saturated carbocycles. The van der Waals surface area contributed by atoms with Crippen LogP contribution in [0.2, 0.25) is 0 Å². The molecule has 1 unspecified atom stereocenters. The van der Waals surface area contributed by atoms with E-state index in [-0.39, 0.29) is 12.6 Å². The van der Waals surface area contributed by atoms with E-state index in [0.717, 1.165) is 12.2 Å². The van der Waals surface area contributed by atoms with Crippen molar-refractivity contribution in [2.24, 2.45) is 5.92 Å². The zero-order valence-corrected chi connectivity index (χ0v) is 10.6. The number of aliphatic hydroxyl groups excluding tert-OH is 1.